The van der Waals surface area contributed by atoms with Crippen molar-refractivity contribution in [2.45, 2.75) is 32.7 Å². The number of aliphatic carboxylic acids is 1. The standard InChI is InChI=1S/C31H34N2O6/c1-19-25(13-20-14-28(38-4)24(10-11-31(35)36)29(15-20)39-5)23-9-8-22(37-3)16-27(23)26(19)17-30(34)32-18-21-7-6-12-33(21)2/h6-9,12-16H,10-11,17-18H2,1-5H3,(H,32,34)(H,35,36). The summed E-state index contributed by atoms with van der Waals surface area (Å²) in [4.78, 5) is 24.2. The van der Waals surface area contributed by atoms with Gasteiger partial charge in [0.05, 0.1) is 34.3 Å². The maximum atomic E-state index is 13.0. The van der Waals surface area contributed by atoms with Gasteiger partial charge in [-0.25, -0.2) is 0 Å². The van der Waals surface area contributed by atoms with Gasteiger partial charge in [-0.3, -0.25) is 9.59 Å². The number of amides is 1. The van der Waals surface area contributed by atoms with Crippen molar-refractivity contribution in [3.05, 3.63) is 82.2 Å². The Morgan fingerprint density at radius 2 is 1.72 bits per heavy atom. The van der Waals surface area contributed by atoms with Crippen molar-refractivity contribution >= 4 is 29.1 Å². The van der Waals surface area contributed by atoms with Gasteiger partial charge in [0.25, 0.3) is 0 Å². The van der Waals surface area contributed by atoms with Crippen LogP contribution in [0.1, 0.15) is 47.7 Å². The second-order valence-electron chi connectivity index (χ2n) is 9.43. The summed E-state index contributed by atoms with van der Waals surface area (Å²) in [6, 6.07) is 13.6. The number of fused-ring (bicyclic) bond motifs is 1. The number of aromatic nitrogens is 1. The lowest BCUT2D eigenvalue weighted by molar-refractivity contribution is -0.137. The van der Waals surface area contributed by atoms with Crippen molar-refractivity contribution < 1.29 is 28.9 Å². The first-order chi connectivity index (χ1) is 18.7. The van der Waals surface area contributed by atoms with Gasteiger partial charge in [-0.05, 0) is 89.2 Å². The van der Waals surface area contributed by atoms with Crippen LogP contribution in [0.3, 0.4) is 0 Å². The fraction of sp³-hybridized carbons (Fsp3) is 0.290. The molecule has 0 radical (unpaired) electrons. The van der Waals surface area contributed by atoms with E-state index in [1.54, 1.807) is 21.3 Å². The molecule has 1 aliphatic carbocycles. The number of hydrogen-bond donors (Lipinski definition) is 2. The van der Waals surface area contributed by atoms with Crippen molar-refractivity contribution in [3.8, 4) is 17.2 Å². The number of aryl methyl sites for hydroxylation is 1. The molecule has 0 unspecified atom stereocenters. The maximum Gasteiger partial charge on any atom is 0.303 e. The van der Waals surface area contributed by atoms with Gasteiger partial charge in [0.2, 0.25) is 5.91 Å². The van der Waals surface area contributed by atoms with Gasteiger partial charge in [0, 0.05) is 30.9 Å². The normalized spacial score (nSPS) is 13.4. The lowest BCUT2D eigenvalue weighted by atomic mass is 9.98. The van der Waals surface area contributed by atoms with Gasteiger partial charge in [-0.15, -0.1) is 0 Å². The van der Waals surface area contributed by atoms with E-state index in [-0.39, 0.29) is 18.7 Å². The molecule has 8 nitrogen and oxygen atoms in total. The van der Waals surface area contributed by atoms with Gasteiger partial charge in [-0.1, -0.05) is 6.07 Å². The molecule has 0 spiro atoms. The van der Waals surface area contributed by atoms with Gasteiger partial charge in [-0.2, -0.15) is 0 Å². The number of carbonyl (C=O) groups excluding carboxylic acids is 1. The number of carboxylic acid groups (broad SMARTS) is 1. The average Bonchev–Trinajstić information content (AvgIpc) is 3.45. The van der Waals surface area contributed by atoms with Gasteiger partial charge >= 0.3 is 5.97 Å². The molecule has 1 aromatic heterocycles. The highest BCUT2D eigenvalue weighted by molar-refractivity contribution is 6.08. The Labute approximate surface area is 228 Å². The highest BCUT2D eigenvalue weighted by Crippen LogP contribution is 2.45. The Balaban J connectivity index is 1.70. The highest BCUT2D eigenvalue weighted by Gasteiger charge is 2.26. The minimum Gasteiger partial charge on any atom is -0.497 e. The molecule has 0 saturated carbocycles. The van der Waals surface area contributed by atoms with Gasteiger partial charge < -0.3 is 29.2 Å². The first-order valence-electron chi connectivity index (χ1n) is 12.7. The molecule has 4 rings (SSSR count). The second-order valence-corrected chi connectivity index (χ2v) is 9.43. The van der Waals surface area contributed by atoms with Crippen LogP contribution >= 0.6 is 0 Å². The molecular formula is C31H34N2O6. The Morgan fingerprint density at radius 1 is 1.00 bits per heavy atom. The molecule has 2 N–H and O–H groups in total. The summed E-state index contributed by atoms with van der Waals surface area (Å²) in [5.41, 5.74) is 7.47. The summed E-state index contributed by atoms with van der Waals surface area (Å²) >= 11 is 0. The zero-order valence-electron chi connectivity index (χ0n) is 23.0. The van der Waals surface area contributed by atoms with Crippen molar-refractivity contribution in [3.63, 3.8) is 0 Å². The van der Waals surface area contributed by atoms with Crippen LogP contribution in [0.2, 0.25) is 0 Å². The topological polar surface area (TPSA) is 99.0 Å². The average molecular weight is 531 g/mol. The Hall–Kier alpha value is -4.46. The number of carbonyl (C=O) groups is 2. The number of methoxy groups -OCH3 is 3. The van der Waals surface area contributed by atoms with Crippen LogP contribution in [0.15, 0.2) is 54.2 Å². The van der Waals surface area contributed by atoms with E-state index < -0.39 is 5.97 Å². The van der Waals surface area contributed by atoms with Crippen molar-refractivity contribution in [2.24, 2.45) is 7.05 Å². The molecule has 1 aliphatic rings. The van der Waals surface area contributed by atoms with Crippen LogP contribution in [-0.4, -0.2) is 42.9 Å². The second kappa shape index (κ2) is 11.9. The Kier molecular flexibility index (Phi) is 8.44. The molecule has 39 heavy (non-hydrogen) atoms. The molecule has 1 amide bonds. The maximum absolute atomic E-state index is 13.0. The van der Waals surface area contributed by atoms with E-state index in [1.165, 1.54) is 0 Å². The van der Waals surface area contributed by atoms with Crippen LogP contribution in [-0.2, 0) is 29.6 Å². The largest absolute Gasteiger partial charge is 0.497 e. The molecule has 204 valence electrons. The molecule has 8 heteroatoms. The highest BCUT2D eigenvalue weighted by atomic mass is 16.5. The lowest BCUT2D eigenvalue weighted by Crippen LogP contribution is -2.23. The van der Waals surface area contributed by atoms with Gasteiger partial charge in [0.15, 0.2) is 0 Å². The fourth-order valence-electron chi connectivity index (χ4n) is 4.94. The predicted molar refractivity (Wildman–Crippen MR) is 151 cm³/mol. The number of allylic oxidation sites excluding steroid dienone is 2. The minimum atomic E-state index is -0.885. The number of nitrogens with zero attached hydrogens (tertiary/aromatic N) is 1. The van der Waals surface area contributed by atoms with E-state index in [2.05, 4.69) is 5.32 Å². The van der Waals surface area contributed by atoms with Crippen molar-refractivity contribution in [1.29, 1.82) is 0 Å². The van der Waals surface area contributed by atoms with Gasteiger partial charge in [0.1, 0.15) is 17.2 Å². The number of nitrogens with one attached hydrogen (secondary N) is 1. The first kappa shape index (κ1) is 27.6. The number of carboxylic acids is 1. The molecule has 0 atom stereocenters. The monoisotopic (exact) mass is 530 g/mol. The zero-order valence-corrected chi connectivity index (χ0v) is 23.0. The van der Waals surface area contributed by atoms with Crippen LogP contribution in [0.4, 0.5) is 0 Å². The SMILES string of the molecule is COc1ccc2c(c1)C(CC(=O)NCc1cccn1C)=C(C)C2=Cc1cc(OC)c(CCC(=O)O)c(OC)c1. The summed E-state index contributed by atoms with van der Waals surface area (Å²) in [5.74, 6) is 0.904. The summed E-state index contributed by atoms with van der Waals surface area (Å²) in [5, 5.41) is 12.2. The smallest absolute Gasteiger partial charge is 0.303 e. The summed E-state index contributed by atoms with van der Waals surface area (Å²) in [6.07, 6.45) is 4.49. The number of ether oxygens (including phenoxy) is 3. The minimum absolute atomic E-state index is 0.0281. The van der Waals surface area contributed by atoms with Crippen LogP contribution in [0, 0.1) is 0 Å². The van der Waals surface area contributed by atoms with E-state index in [0.717, 1.165) is 44.9 Å². The van der Waals surface area contributed by atoms with E-state index in [9.17, 15) is 9.59 Å². The van der Waals surface area contributed by atoms with E-state index in [4.69, 9.17) is 19.3 Å². The fourth-order valence-corrected chi connectivity index (χ4v) is 4.94. The third-order valence-corrected chi connectivity index (χ3v) is 7.08. The summed E-state index contributed by atoms with van der Waals surface area (Å²) in [6.45, 7) is 2.48. The molecule has 1 heterocycles. The number of benzene rings is 2. The third kappa shape index (κ3) is 6.00. The molecule has 2 aromatic carbocycles. The molecule has 0 fully saturated rings. The predicted octanol–water partition coefficient (Wildman–Crippen LogP) is 5.10. The zero-order chi connectivity index (χ0) is 28.1. The van der Waals surface area contributed by atoms with Crippen LogP contribution in [0.25, 0.3) is 17.2 Å². The van der Waals surface area contributed by atoms with Crippen LogP contribution < -0.4 is 19.5 Å². The number of rotatable bonds is 11. The first-order valence-corrected chi connectivity index (χ1v) is 12.7. The van der Waals surface area contributed by atoms with Crippen molar-refractivity contribution in [1.82, 2.24) is 9.88 Å². The van der Waals surface area contributed by atoms with Crippen molar-refractivity contribution in [2.75, 3.05) is 21.3 Å². The molecule has 0 saturated heterocycles. The Morgan fingerprint density at radius 3 is 2.31 bits per heavy atom. The molecule has 0 aliphatic heterocycles. The summed E-state index contributed by atoms with van der Waals surface area (Å²) < 4.78 is 18.7. The molecular weight excluding hydrogens is 496 g/mol. The van der Waals surface area contributed by atoms with E-state index >= 15 is 0 Å². The van der Waals surface area contributed by atoms with E-state index in [1.807, 2.05) is 73.3 Å². The van der Waals surface area contributed by atoms with Crippen LogP contribution in [0.5, 0.6) is 17.2 Å². The van der Waals surface area contributed by atoms with E-state index in [0.29, 0.717) is 30.0 Å². The molecule has 0 bridgehead atoms. The third-order valence-electron chi connectivity index (χ3n) is 7.08. The summed E-state index contributed by atoms with van der Waals surface area (Å²) in [7, 11) is 6.70. The quantitative estimate of drug-likeness (QED) is 0.358. The Bertz CT molecular complexity index is 1440. The molecule has 3 aromatic rings. The lowest BCUT2D eigenvalue weighted by Gasteiger charge is -2.14. The number of hydrogen-bond acceptors (Lipinski definition) is 5.